The molecule has 0 spiro atoms. The highest BCUT2D eigenvalue weighted by molar-refractivity contribution is 5.85. The van der Waals surface area contributed by atoms with Crippen LogP contribution in [0.25, 0.3) is 0 Å². The van der Waals surface area contributed by atoms with E-state index in [0.717, 1.165) is 25.5 Å². The van der Waals surface area contributed by atoms with Gasteiger partial charge in [0.25, 0.3) is 0 Å². The molecule has 1 unspecified atom stereocenters. The van der Waals surface area contributed by atoms with E-state index >= 15 is 0 Å². The van der Waals surface area contributed by atoms with Gasteiger partial charge in [-0.05, 0) is 31.5 Å². The van der Waals surface area contributed by atoms with E-state index in [2.05, 4.69) is 5.32 Å². The lowest BCUT2D eigenvalue weighted by molar-refractivity contribution is -0.131. The molecule has 20 heavy (non-hydrogen) atoms. The van der Waals surface area contributed by atoms with Gasteiger partial charge < -0.3 is 10.2 Å². The Morgan fingerprint density at radius 1 is 1.45 bits per heavy atom. The van der Waals surface area contributed by atoms with Crippen molar-refractivity contribution in [1.29, 1.82) is 0 Å². The van der Waals surface area contributed by atoms with E-state index in [1.807, 2.05) is 7.05 Å². The molecule has 0 saturated carbocycles. The van der Waals surface area contributed by atoms with E-state index in [-0.39, 0.29) is 36.3 Å². The summed E-state index contributed by atoms with van der Waals surface area (Å²) in [6.45, 7) is 1.46. The van der Waals surface area contributed by atoms with Crippen molar-refractivity contribution in [2.45, 2.75) is 25.3 Å². The molecule has 112 valence electrons. The fourth-order valence-electron chi connectivity index (χ4n) is 2.54. The predicted molar refractivity (Wildman–Crippen MR) is 76.0 cm³/mol. The smallest absolute Gasteiger partial charge is 0.227 e. The maximum atomic E-state index is 13.5. The second-order valence-corrected chi connectivity index (χ2v) is 4.85. The lowest BCUT2D eigenvalue weighted by Gasteiger charge is -2.24. The number of carbonyl (C=O) groups excluding carboxylic acids is 1. The van der Waals surface area contributed by atoms with Gasteiger partial charge in [-0.3, -0.25) is 4.79 Å². The Kier molecular flexibility index (Phi) is 6.36. The highest BCUT2D eigenvalue weighted by Crippen LogP contribution is 2.19. The number of hydrogen-bond donors (Lipinski definition) is 1. The Balaban J connectivity index is 0.00000200. The molecule has 0 bridgehead atoms. The molecule has 1 saturated heterocycles. The summed E-state index contributed by atoms with van der Waals surface area (Å²) < 4.78 is 26.3. The molecule has 0 radical (unpaired) electrons. The molecule has 1 amide bonds. The summed E-state index contributed by atoms with van der Waals surface area (Å²) in [6.07, 6.45) is 1.94. The number of amides is 1. The van der Waals surface area contributed by atoms with Crippen LogP contribution >= 0.6 is 12.4 Å². The molecule has 6 heteroatoms. The van der Waals surface area contributed by atoms with Gasteiger partial charge in [-0.1, -0.05) is 6.07 Å². The molecule has 0 aliphatic carbocycles. The zero-order chi connectivity index (χ0) is 13.8. The molecule has 1 fully saturated rings. The molecule has 1 aliphatic heterocycles. The number of halogens is 3. The Hall–Kier alpha value is -1.20. The summed E-state index contributed by atoms with van der Waals surface area (Å²) in [5.41, 5.74) is 0.251. The quantitative estimate of drug-likeness (QED) is 0.924. The third-order valence-electron chi connectivity index (χ3n) is 3.49. The molecule has 3 nitrogen and oxygen atoms in total. The minimum Gasteiger partial charge on any atom is -0.338 e. The summed E-state index contributed by atoms with van der Waals surface area (Å²) >= 11 is 0. The molecule has 1 atom stereocenters. The van der Waals surface area contributed by atoms with E-state index in [9.17, 15) is 13.6 Å². The van der Waals surface area contributed by atoms with Crippen LogP contribution in [0, 0.1) is 11.6 Å². The standard InChI is InChI=1S/C14H18F2N2O.ClH/c1-17-9-12-3-2-6-18(12)14(19)7-10-4-5-11(15)8-13(10)16;/h4-5,8,12,17H,2-3,6-7,9H2,1H3;1H. The van der Waals surface area contributed by atoms with Crippen LogP contribution in [0.15, 0.2) is 18.2 Å². The normalized spacial score (nSPS) is 17.9. The van der Waals surface area contributed by atoms with Crippen LogP contribution in [0.5, 0.6) is 0 Å². The number of likely N-dealkylation sites (tertiary alicyclic amines) is 1. The molecule has 2 rings (SSSR count). The largest absolute Gasteiger partial charge is 0.338 e. The summed E-state index contributed by atoms with van der Waals surface area (Å²) in [6, 6.07) is 3.52. The van der Waals surface area contributed by atoms with Gasteiger partial charge in [0, 0.05) is 25.2 Å². The molecule has 1 aromatic carbocycles. The maximum Gasteiger partial charge on any atom is 0.227 e. The van der Waals surface area contributed by atoms with Gasteiger partial charge in [0.15, 0.2) is 0 Å². The average Bonchev–Trinajstić information content (AvgIpc) is 2.81. The van der Waals surface area contributed by atoms with Gasteiger partial charge in [-0.25, -0.2) is 8.78 Å². The monoisotopic (exact) mass is 304 g/mol. The van der Waals surface area contributed by atoms with Crippen molar-refractivity contribution in [3.63, 3.8) is 0 Å². The lowest BCUT2D eigenvalue weighted by Crippen LogP contribution is -2.41. The van der Waals surface area contributed by atoms with Gasteiger partial charge in [0.2, 0.25) is 5.91 Å². The van der Waals surface area contributed by atoms with Crippen molar-refractivity contribution in [2.24, 2.45) is 0 Å². The first-order valence-electron chi connectivity index (χ1n) is 6.50. The summed E-state index contributed by atoms with van der Waals surface area (Å²) in [5.74, 6) is -1.37. The molecular weight excluding hydrogens is 286 g/mol. The molecule has 1 heterocycles. The van der Waals surface area contributed by atoms with Gasteiger partial charge in [-0.2, -0.15) is 0 Å². The van der Waals surface area contributed by atoms with Crippen LogP contribution in [-0.2, 0) is 11.2 Å². The van der Waals surface area contributed by atoms with E-state index in [1.54, 1.807) is 4.90 Å². The number of rotatable bonds is 4. The average molecular weight is 305 g/mol. The van der Waals surface area contributed by atoms with Crippen LogP contribution in [0.4, 0.5) is 8.78 Å². The highest BCUT2D eigenvalue weighted by atomic mass is 35.5. The summed E-state index contributed by atoms with van der Waals surface area (Å²) in [5, 5.41) is 3.06. The van der Waals surface area contributed by atoms with E-state index < -0.39 is 11.6 Å². The van der Waals surface area contributed by atoms with Crippen molar-refractivity contribution in [3.05, 3.63) is 35.4 Å². The van der Waals surface area contributed by atoms with Crippen LogP contribution in [-0.4, -0.2) is 37.0 Å². The SMILES string of the molecule is CNCC1CCCN1C(=O)Cc1ccc(F)cc1F.Cl. The molecule has 0 aromatic heterocycles. The fraction of sp³-hybridized carbons (Fsp3) is 0.500. The van der Waals surface area contributed by atoms with E-state index in [0.29, 0.717) is 6.54 Å². The van der Waals surface area contributed by atoms with Crippen molar-refractivity contribution in [3.8, 4) is 0 Å². The number of likely N-dealkylation sites (N-methyl/N-ethyl adjacent to an activating group) is 1. The second kappa shape index (κ2) is 7.55. The number of nitrogens with zero attached hydrogens (tertiary/aromatic N) is 1. The third-order valence-corrected chi connectivity index (χ3v) is 3.49. The van der Waals surface area contributed by atoms with Gasteiger partial charge >= 0.3 is 0 Å². The van der Waals surface area contributed by atoms with Gasteiger partial charge in [0.1, 0.15) is 11.6 Å². The van der Waals surface area contributed by atoms with E-state index in [1.165, 1.54) is 12.1 Å². The van der Waals surface area contributed by atoms with Gasteiger partial charge in [-0.15, -0.1) is 12.4 Å². The number of hydrogen-bond acceptors (Lipinski definition) is 2. The first-order valence-corrected chi connectivity index (χ1v) is 6.50. The summed E-state index contributed by atoms with van der Waals surface area (Å²) in [4.78, 5) is 14.0. The first kappa shape index (κ1) is 16.9. The van der Waals surface area contributed by atoms with Crippen molar-refractivity contribution >= 4 is 18.3 Å². The van der Waals surface area contributed by atoms with Crippen molar-refractivity contribution in [2.75, 3.05) is 20.1 Å². The number of benzene rings is 1. The number of nitrogens with one attached hydrogen (secondary N) is 1. The number of carbonyl (C=O) groups is 1. The van der Waals surface area contributed by atoms with Crippen molar-refractivity contribution in [1.82, 2.24) is 10.2 Å². The predicted octanol–water partition coefficient (Wildman–Crippen LogP) is 2.14. The minimum atomic E-state index is -0.655. The topological polar surface area (TPSA) is 32.3 Å². The maximum absolute atomic E-state index is 13.5. The highest BCUT2D eigenvalue weighted by Gasteiger charge is 2.28. The van der Waals surface area contributed by atoms with Crippen LogP contribution in [0.3, 0.4) is 0 Å². The summed E-state index contributed by atoms with van der Waals surface area (Å²) in [7, 11) is 1.85. The van der Waals surface area contributed by atoms with Crippen LogP contribution < -0.4 is 5.32 Å². The molecular formula is C14H19ClF2N2O. The zero-order valence-corrected chi connectivity index (χ0v) is 12.2. The second-order valence-electron chi connectivity index (χ2n) is 4.85. The molecule has 1 aliphatic rings. The molecule has 1 N–H and O–H groups in total. The van der Waals surface area contributed by atoms with Crippen LogP contribution in [0.1, 0.15) is 18.4 Å². The Labute approximate surface area is 123 Å². The fourth-order valence-corrected chi connectivity index (χ4v) is 2.54. The van der Waals surface area contributed by atoms with Crippen molar-refractivity contribution < 1.29 is 13.6 Å². The Bertz CT molecular complexity index is 470. The Morgan fingerprint density at radius 2 is 2.20 bits per heavy atom. The Morgan fingerprint density at radius 3 is 2.85 bits per heavy atom. The first-order chi connectivity index (χ1) is 9.11. The van der Waals surface area contributed by atoms with E-state index in [4.69, 9.17) is 0 Å². The van der Waals surface area contributed by atoms with Crippen LogP contribution in [0.2, 0.25) is 0 Å². The third kappa shape index (κ3) is 3.90. The lowest BCUT2D eigenvalue weighted by atomic mass is 10.1. The van der Waals surface area contributed by atoms with Gasteiger partial charge in [0.05, 0.1) is 6.42 Å². The minimum absolute atomic E-state index is 0. The molecule has 1 aromatic rings. The zero-order valence-electron chi connectivity index (χ0n) is 11.4.